The van der Waals surface area contributed by atoms with Crippen LogP contribution in [-0.2, 0) is 6.42 Å². The molecular weight excluding hydrogens is 282 g/mol. The molecule has 0 unspecified atom stereocenters. The van der Waals surface area contributed by atoms with E-state index in [9.17, 15) is 4.79 Å². The summed E-state index contributed by atoms with van der Waals surface area (Å²) in [7, 11) is 0. The predicted molar refractivity (Wildman–Crippen MR) is 88.9 cm³/mol. The Morgan fingerprint density at radius 1 is 1.57 bits per heavy atom. The van der Waals surface area contributed by atoms with Gasteiger partial charge in [-0.25, -0.2) is 4.79 Å². The number of rotatable bonds is 6. The number of carbonyl (C=O) groups excluding carboxylic acids is 1. The Morgan fingerprint density at radius 2 is 2.43 bits per heavy atom. The van der Waals surface area contributed by atoms with Crippen LogP contribution in [0.25, 0.3) is 0 Å². The number of hydrogen-bond donors (Lipinski definition) is 2. The van der Waals surface area contributed by atoms with Gasteiger partial charge in [0.2, 0.25) is 0 Å². The molecule has 1 saturated heterocycles. The molecule has 0 radical (unpaired) electrons. The highest BCUT2D eigenvalue weighted by molar-refractivity contribution is 7.07. The van der Waals surface area contributed by atoms with Crippen molar-refractivity contribution >= 4 is 17.4 Å². The number of carbonyl (C=O) groups is 1. The van der Waals surface area contributed by atoms with Gasteiger partial charge in [-0.3, -0.25) is 0 Å². The van der Waals surface area contributed by atoms with E-state index in [4.69, 9.17) is 0 Å². The maximum absolute atomic E-state index is 11.8. The molecule has 1 aliphatic heterocycles. The Bertz CT molecular complexity index is 421. The number of piperidine rings is 1. The van der Waals surface area contributed by atoms with E-state index in [0.717, 1.165) is 32.0 Å². The monoisotopic (exact) mass is 309 g/mol. The first-order valence-electron chi connectivity index (χ1n) is 7.91. The van der Waals surface area contributed by atoms with Gasteiger partial charge in [-0.15, -0.1) is 0 Å². The second-order valence-corrected chi connectivity index (χ2v) is 6.97. The molecule has 0 bridgehead atoms. The van der Waals surface area contributed by atoms with Crippen molar-refractivity contribution < 1.29 is 4.79 Å². The van der Waals surface area contributed by atoms with Gasteiger partial charge in [0.05, 0.1) is 0 Å². The molecule has 2 rings (SSSR count). The van der Waals surface area contributed by atoms with Crippen LogP contribution in [0.3, 0.4) is 0 Å². The Labute approximate surface area is 131 Å². The van der Waals surface area contributed by atoms with Crippen LogP contribution in [0.15, 0.2) is 16.8 Å². The van der Waals surface area contributed by atoms with Gasteiger partial charge in [-0.05, 0) is 61.0 Å². The molecule has 2 heterocycles. The lowest BCUT2D eigenvalue weighted by molar-refractivity contribution is 0.183. The lowest BCUT2D eigenvalue weighted by Gasteiger charge is -2.30. The molecule has 4 nitrogen and oxygen atoms in total. The van der Waals surface area contributed by atoms with Crippen LogP contribution in [0.4, 0.5) is 4.79 Å². The summed E-state index contributed by atoms with van der Waals surface area (Å²) >= 11 is 1.70. The maximum Gasteiger partial charge on any atom is 0.315 e. The first-order chi connectivity index (χ1) is 10.1. The minimum Gasteiger partial charge on any atom is -0.337 e. The summed E-state index contributed by atoms with van der Waals surface area (Å²) in [4.78, 5) is 14.3. The number of hydrogen-bond acceptors (Lipinski definition) is 3. The molecule has 21 heavy (non-hydrogen) atoms. The zero-order valence-corrected chi connectivity index (χ0v) is 13.9. The topological polar surface area (TPSA) is 44.4 Å². The van der Waals surface area contributed by atoms with E-state index in [1.807, 2.05) is 6.92 Å². The van der Waals surface area contributed by atoms with E-state index >= 15 is 0 Å². The van der Waals surface area contributed by atoms with Gasteiger partial charge in [0.25, 0.3) is 0 Å². The summed E-state index contributed by atoms with van der Waals surface area (Å²) in [6, 6.07) is 2.22. The molecule has 0 saturated carbocycles. The molecule has 0 aliphatic carbocycles. The van der Waals surface area contributed by atoms with Gasteiger partial charge in [-0.2, -0.15) is 11.3 Å². The summed E-state index contributed by atoms with van der Waals surface area (Å²) in [5, 5.41) is 10.2. The first kappa shape index (κ1) is 16.3. The highest BCUT2D eigenvalue weighted by Gasteiger charge is 2.16. The maximum atomic E-state index is 11.8. The number of urea groups is 1. The average Bonchev–Trinajstić information content (AvgIpc) is 2.91. The molecule has 1 aromatic rings. The van der Waals surface area contributed by atoms with Crippen molar-refractivity contribution in [3.8, 4) is 0 Å². The normalized spacial score (nSPS) is 21.0. The number of nitrogens with one attached hydrogen (secondary N) is 2. The molecule has 2 atom stereocenters. The van der Waals surface area contributed by atoms with E-state index in [-0.39, 0.29) is 12.1 Å². The Hall–Kier alpha value is -1.07. The van der Waals surface area contributed by atoms with Crippen molar-refractivity contribution in [3.05, 3.63) is 22.4 Å². The third-order valence-corrected chi connectivity index (χ3v) is 4.69. The van der Waals surface area contributed by atoms with Gasteiger partial charge in [0.1, 0.15) is 0 Å². The quantitative estimate of drug-likeness (QED) is 0.848. The smallest absolute Gasteiger partial charge is 0.315 e. The number of thiophene rings is 1. The van der Waals surface area contributed by atoms with Crippen molar-refractivity contribution in [1.82, 2.24) is 15.5 Å². The molecule has 1 fully saturated rings. The number of amides is 2. The van der Waals surface area contributed by atoms with Crippen molar-refractivity contribution in [2.24, 2.45) is 5.92 Å². The van der Waals surface area contributed by atoms with E-state index < -0.39 is 0 Å². The van der Waals surface area contributed by atoms with Gasteiger partial charge >= 0.3 is 6.03 Å². The van der Waals surface area contributed by atoms with Crippen molar-refractivity contribution in [2.45, 2.75) is 39.2 Å². The van der Waals surface area contributed by atoms with Crippen LogP contribution in [0.1, 0.15) is 32.3 Å². The molecule has 1 aliphatic rings. The fraction of sp³-hybridized carbons (Fsp3) is 0.688. The van der Waals surface area contributed by atoms with Crippen molar-refractivity contribution in [1.29, 1.82) is 0 Å². The van der Waals surface area contributed by atoms with Crippen LogP contribution in [0.2, 0.25) is 0 Å². The minimum atomic E-state index is -0.0530. The van der Waals surface area contributed by atoms with Gasteiger partial charge in [-0.1, -0.05) is 6.92 Å². The molecule has 2 N–H and O–H groups in total. The number of likely N-dealkylation sites (tertiary alicyclic amines) is 1. The third-order valence-electron chi connectivity index (χ3n) is 3.95. The van der Waals surface area contributed by atoms with Crippen LogP contribution in [-0.4, -0.2) is 43.2 Å². The van der Waals surface area contributed by atoms with E-state index in [2.05, 4.69) is 39.3 Å². The number of nitrogens with zero attached hydrogens (tertiary/aromatic N) is 1. The minimum absolute atomic E-state index is 0.0530. The van der Waals surface area contributed by atoms with Gasteiger partial charge in [0.15, 0.2) is 0 Å². The zero-order valence-electron chi connectivity index (χ0n) is 13.1. The fourth-order valence-electron chi connectivity index (χ4n) is 2.91. The van der Waals surface area contributed by atoms with Crippen molar-refractivity contribution in [2.75, 3.05) is 26.2 Å². The SMILES string of the molecule is C[C@H]1CCCN(CCNC(=O)N[C@H](C)Cc2ccsc2)C1. The largest absolute Gasteiger partial charge is 0.337 e. The van der Waals surface area contributed by atoms with Crippen LogP contribution in [0, 0.1) is 5.92 Å². The van der Waals surface area contributed by atoms with Crippen LogP contribution in [0.5, 0.6) is 0 Å². The lowest BCUT2D eigenvalue weighted by Crippen LogP contribution is -2.45. The van der Waals surface area contributed by atoms with Crippen LogP contribution >= 0.6 is 11.3 Å². The summed E-state index contributed by atoms with van der Waals surface area (Å²) in [5.74, 6) is 0.790. The predicted octanol–water partition coefficient (Wildman–Crippen LogP) is 2.71. The summed E-state index contributed by atoms with van der Waals surface area (Å²) in [6.07, 6.45) is 3.51. The average molecular weight is 309 g/mol. The van der Waals surface area contributed by atoms with Gasteiger partial charge < -0.3 is 15.5 Å². The fourth-order valence-corrected chi connectivity index (χ4v) is 3.59. The molecule has 5 heteroatoms. The van der Waals surface area contributed by atoms with E-state index in [1.165, 1.54) is 24.9 Å². The molecule has 0 spiro atoms. The highest BCUT2D eigenvalue weighted by Crippen LogP contribution is 2.14. The van der Waals surface area contributed by atoms with Crippen LogP contribution < -0.4 is 10.6 Å². The Kier molecular flexibility index (Phi) is 6.51. The second-order valence-electron chi connectivity index (χ2n) is 6.19. The Balaban J connectivity index is 1.58. The summed E-state index contributed by atoms with van der Waals surface area (Å²) in [6.45, 7) is 8.36. The first-order valence-corrected chi connectivity index (χ1v) is 8.85. The summed E-state index contributed by atoms with van der Waals surface area (Å²) in [5.41, 5.74) is 1.29. The molecular formula is C16H27N3OS. The highest BCUT2D eigenvalue weighted by atomic mass is 32.1. The van der Waals surface area contributed by atoms with Crippen molar-refractivity contribution in [3.63, 3.8) is 0 Å². The third kappa shape index (κ3) is 6.06. The van der Waals surface area contributed by atoms with E-state index in [1.54, 1.807) is 11.3 Å². The molecule has 0 aromatic carbocycles. The molecule has 1 aromatic heterocycles. The van der Waals surface area contributed by atoms with E-state index in [0.29, 0.717) is 0 Å². The standard InChI is InChI=1S/C16H27N3OS/c1-13-4-3-7-19(11-13)8-6-17-16(20)18-14(2)10-15-5-9-21-12-15/h5,9,12-14H,3-4,6-8,10-11H2,1-2H3,(H2,17,18,20)/t13-,14+/m0/s1. The van der Waals surface area contributed by atoms with Gasteiger partial charge in [0, 0.05) is 25.7 Å². The second kappa shape index (κ2) is 8.39. The zero-order chi connectivity index (χ0) is 15.1. The Morgan fingerprint density at radius 3 is 3.14 bits per heavy atom. The lowest BCUT2D eigenvalue weighted by atomic mass is 10.0. The summed E-state index contributed by atoms with van der Waals surface area (Å²) < 4.78 is 0. The molecule has 2 amide bonds. The molecule has 118 valence electrons.